The van der Waals surface area contributed by atoms with Crippen molar-refractivity contribution in [1.29, 1.82) is 5.26 Å². The molecule has 1 N–H and O–H groups in total. The van der Waals surface area contributed by atoms with E-state index >= 15 is 0 Å². The van der Waals surface area contributed by atoms with Gasteiger partial charge in [0.05, 0.1) is 5.02 Å². The molecule has 0 saturated heterocycles. The Balaban J connectivity index is 2.20. The Kier molecular flexibility index (Phi) is 6.44. The monoisotopic (exact) mass is 364 g/mol. The minimum absolute atomic E-state index is 0.0309. The number of benzene rings is 2. The fourth-order valence-corrected chi connectivity index (χ4v) is 2.42. The summed E-state index contributed by atoms with van der Waals surface area (Å²) in [6, 6.07) is 12.4. The number of ether oxygens (including phenoxy) is 1. The first-order valence-electron chi connectivity index (χ1n) is 7.81. The molecular weight excluding hydrogens is 348 g/mol. The summed E-state index contributed by atoms with van der Waals surface area (Å²) in [6.45, 7) is 4.05. The van der Waals surface area contributed by atoms with E-state index in [0.29, 0.717) is 22.0 Å². The number of terminal acetylenes is 1. The first kappa shape index (κ1) is 19.1. The maximum atomic E-state index is 12.4. The van der Waals surface area contributed by atoms with Gasteiger partial charge in [0.25, 0.3) is 5.91 Å². The SMILES string of the molecule is C#CCOc1ccc(/C=C(\C#N)C(=O)Nc2ccc(C)c(C)c2)cc1Cl. The van der Waals surface area contributed by atoms with E-state index in [0.717, 1.165) is 11.1 Å². The van der Waals surface area contributed by atoms with Crippen LogP contribution in [0.5, 0.6) is 5.75 Å². The summed E-state index contributed by atoms with van der Waals surface area (Å²) in [5.74, 6) is 2.31. The minimum Gasteiger partial charge on any atom is -0.479 e. The van der Waals surface area contributed by atoms with Crippen molar-refractivity contribution in [3.8, 4) is 24.2 Å². The van der Waals surface area contributed by atoms with Crippen LogP contribution in [0.3, 0.4) is 0 Å². The Hall–Kier alpha value is -3.21. The second-order valence-corrected chi connectivity index (χ2v) is 6.01. The van der Waals surface area contributed by atoms with E-state index in [1.54, 1.807) is 24.3 Å². The van der Waals surface area contributed by atoms with Crippen molar-refractivity contribution in [3.05, 3.63) is 63.7 Å². The molecule has 0 bridgehead atoms. The van der Waals surface area contributed by atoms with Gasteiger partial charge in [-0.15, -0.1) is 6.42 Å². The molecule has 0 atom stereocenters. The number of hydrogen-bond donors (Lipinski definition) is 1. The van der Waals surface area contributed by atoms with Crippen molar-refractivity contribution in [2.45, 2.75) is 13.8 Å². The Bertz CT molecular complexity index is 949. The van der Waals surface area contributed by atoms with Crippen molar-refractivity contribution in [2.24, 2.45) is 0 Å². The Morgan fingerprint density at radius 2 is 2.04 bits per heavy atom. The molecule has 130 valence electrons. The number of hydrogen-bond acceptors (Lipinski definition) is 3. The number of rotatable bonds is 5. The maximum absolute atomic E-state index is 12.4. The number of nitriles is 1. The highest BCUT2D eigenvalue weighted by Crippen LogP contribution is 2.26. The van der Waals surface area contributed by atoms with Gasteiger partial charge in [0.2, 0.25) is 0 Å². The third-order valence-electron chi connectivity index (χ3n) is 3.71. The first-order valence-corrected chi connectivity index (χ1v) is 8.18. The van der Waals surface area contributed by atoms with Gasteiger partial charge < -0.3 is 10.1 Å². The van der Waals surface area contributed by atoms with Gasteiger partial charge in [-0.05, 0) is 60.9 Å². The summed E-state index contributed by atoms with van der Waals surface area (Å²) >= 11 is 6.13. The zero-order valence-electron chi connectivity index (χ0n) is 14.5. The molecule has 0 aliphatic heterocycles. The molecule has 0 radical (unpaired) electrons. The van der Waals surface area contributed by atoms with E-state index in [-0.39, 0.29) is 12.2 Å². The largest absolute Gasteiger partial charge is 0.479 e. The van der Waals surface area contributed by atoms with Gasteiger partial charge in [-0.1, -0.05) is 29.7 Å². The van der Waals surface area contributed by atoms with Crippen LogP contribution in [0.15, 0.2) is 42.0 Å². The number of nitrogens with one attached hydrogen (secondary N) is 1. The molecule has 0 unspecified atom stereocenters. The third-order valence-corrected chi connectivity index (χ3v) is 4.00. The molecule has 2 aromatic carbocycles. The van der Waals surface area contributed by atoms with Crippen LogP contribution in [-0.2, 0) is 4.79 Å². The fourth-order valence-electron chi connectivity index (χ4n) is 2.18. The maximum Gasteiger partial charge on any atom is 0.266 e. The molecule has 4 nitrogen and oxygen atoms in total. The van der Waals surface area contributed by atoms with Gasteiger partial charge >= 0.3 is 0 Å². The first-order chi connectivity index (χ1) is 12.4. The van der Waals surface area contributed by atoms with Crippen LogP contribution in [0.1, 0.15) is 16.7 Å². The van der Waals surface area contributed by atoms with Gasteiger partial charge in [0.15, 0.2) is 0 Å². The summed E-state index contributed by atoms with van der Waals surface area (Å²) in [5.41, 5.74) is 3.39. The molecule has 5 heteroatoms. The normalized spacial score (nSPS) is 10.6. The van der Waals surface area contributed by atoms with Crippen LogP contribution in [-0.4, -0.2) is 12.5 Å². The molecule has 2 rings (SSSR count). The molecule has 0 fully saturated rings. The lowest BCUT2D eigenvalue weighted by Crippen LogP contribution is -2.13. The highest BCUT2D eigenvalue weighted by atomic mass is 35.5. The third kappa shape index (κ3) is 4.89. The van der Waals surface area contributed by atoms with E-state index in [2.05, 4.69) is 11.2 Å². The molecule has 1 amide bonds. The van der Waals surface area contributed by atoms with E-state index < -0.39 is 5.91 Å². The lowest BCUT2D eigenvalue weighted by Gasteiger charge is -2.08. The number of carbonyl (C=O) groups excluding carboxylic acids is 1. The molecule has 0 aromatic heterocycles. The lowest BCUT2D eigenvalue weighted by atomic mass is 10.1. The van der Waals surface area contributed by atoms with Crippen LogP contribution in [0.4, 0.5) is 5.69 Å². The highest BCUT2D eigenvalue weighted by Gasteiger charge is 2.11. The molecule has 0 aliphatic carbocycles. The zero-order chi connectivity index (χ0) is 19.1. The molecule has 26 heavy (non-hydrogen) atoms. The summed E-state index contributed by atoms with van der Waals surface area (Å²) in [4.78, 5) is 12.4. The van der Waals surface area contributed by atoms with Crippen molar-refractivity contribution >= 4 is 29.3 Å². The van der Waals surface area contributed by atoms with Gasteiger partial charge in [0, 0.05) is 5.69 Å². The van der Waals surface area contributed by atoms with Crippen LogP contribution in [0.2, 0.25) is 5.02 Å². The van der Waals surface area contributed by atoms with Gasteiger partial charge in [-0.3, -0.25) is 4.79 Å². The van der Waals surface area contributed by atoms with E-state index in [9.17, 15) is 10.1 Å². The predicted octanol–water partition coefficient (Wildman–Crippen LogP) is 4.51. The minimum atomic E-state index is -0.487. The van der Waals surface area contributed by atoms with E-state index in [4.69, 9.17) is 22.8 Å². The fraction of sp³-hybridized carbons (Fsp3) is 0.143. The van der Waals surface area contributed by atoms with Crippen molar-refractivity contribution in [2.75, 3.05) is 11.9 Å². The molecule has 0 aliphatic rings. The van der Waals surface area contributed by atoms with Crippen LogP contribution in [0.25, 0.3) is 6.08 Å². The lowest BCUT2D eigenvalue weighted by molar-refractivity contribution is -0.112. The summed E-state index contributed by atoms with van der Waals surface area (Å²) in [5, 5.41) is 12.4. The Morgan fingerprint density at radius 3 is 2.65 bits per heavy atom. The van der Waals surface area contributed by atoms with Gasteiger partial charge in [-0.2, -0.15) is 5.26 Å². The molecule has 2 aromatic rings. The van der Waals surface area contributed by atoms with Crippen LogP contribution >= 0.6 is 11.6 Å². The summed E-state index contributed by atoms with van der Waals surface area (Å²) < 4.78 is 5.29. The van der Waals surface area contributed by atoms with Gasteiger partial charge in [-0.25, -0.2) is 0 Å². The topological polar surface area (TPSA) is 62.1 Å². The second kappa shape index (κ2) is 8.76. The molecule has 0 spiro atoms. The Labute approximate surface area is 158 Å². The molecule has 0 heterocycles. The number of amides is 1. The van der Waals surface area contributed by atoms with Gasteiger partial charge in [0.1, 0.15) is 24.0 Å². The van der Waals surface area contributed by atoms with Crippen LogP contribution in [0, 0.1) is 37.5 Å². The number of halogens is 1. The standard InChI is InChI=1S/C21H17ClN2O2/c1-4-9-26-20-8-6-16(12-19(20)22)11-17(13-23)21(25)24-18-7-5-14(2)15(3)10-18/h1,5-8,10-12H,9H2,2-3H3,(H,24,25)/b17-11+. The number of carbonyl (C=O) groups is 1. The summed E-state index contributed by atoms with van der Waals surface area (Å²) in [7, 11) is 0. The number of nitrogens with zero attached hydrogens (tertiary/aromatic N) is 1. The predicted molar refractivity (Wildman–Crippen MR) is 104 cm³/mol. The average Bonchev–Trinajstić information content (AvgIpc) is 2.62. The van der Waals surface area contributed by atoms with Crippen molar-refractivity contribution < 1.29 is 9.53 Å². The van der Waals surface area contributed by atoms with Crippen LogP contribution < -0.4 is 10.1 Å². The number of aryl methyl sites for hydroxylation is 2. The number of anilines is 1. The van der Waals surface area contributed by atoms with E-state index in [1.165, 1.54) is 6.08 Å². The average molecular weight is 365 g/mol. The molecule has 0 saturated carbocycles. The smallest absolute Gasteiger partial charge is 0.266 e. The van der Waals surface area contributed by atoms with Crippen molar-refractivity contribution in [3.63, 3.8) is 0 Å². The van der Waals surface area contributed by atoms with E-state index in [1.807, 2.05) is 32.0 Å². The van der Waals surface area contributed by atoms with Crippen molar-refractivity contribution in [1.82, 2.24) is 0 Å². The molecular formula is C21H17ClN2O2. The quantitative estimate of drug-likeness (QED) is 0.482. The summed E-state index contributed by atoms with van der Waals surface area (Å²) in [6.07, 6.45) is 6.61. The Morgan fingerprint density at radius 1 is 1.27 bits per heavy atom. The second-order valence-electron chi connectivity index (χ2n) is 5.61. The highest BCUT2D eigenvalue weighted by molar-refractivity contribution is 6.32. The zero-order valence-corrected chi connectivity index (χ0v) is 15.2.